The molecule has 3 heteroatoms. The van der Waals surface area contributed by atoms with E-state index in [9.17, 15) is 4.79 Å². The average Bonchev–Trinajstić information content (AvgIpc) is 2.86. The summed E-state index contributed by atoms with van der Waals surface area (Å²) in [7, 11) is 0. The molecule has 2 N–H and O–H groups in total. The lowest BCUT2D eigenvalue weighted by Gasteiger charge is -2.40. The first-order valence-corrected chi connectivity index (χ1v) is 9.10. The van der Waals surface area contributed by atoms with Crippen LogP contribution in [0.2, 0.25) is 0 Å². The van der Waals surface area contributed by atoms with Gasteiger partial charge in [0.15, 0.2) is 0 Å². The van der Waals surface area contributed by atoms with E-state index in [1.165, 1.54) is 22.3 Å². The Morgan fingerprint density at radius 2 is 2.04 bits per heavy atom. The number of carbonyl (C=O) groups excluding carboxylic acids is 1. The van der Waals surface area contributed by atoms with Crippen LogP contribution in [0.5, 0.6) is 0 Å². The van der Waals surface area contributed by atoms with E-state index in [4.69, 9.17) is 5.73 Å². The van der Waals surface area contributed by atoms with E-state index < -0.39 is 0 Å². The van der Waals surface area contributed by atoms with Gasteiger partial charge in [0.2, 0.25) is 5.91 Å². The smallest absolute Gasteiger partial charge is 0.223 e. The van der Waals surface area contributed by atoms with Crippen LogP contribution in [-0.2, 0) is 16.8 Å². The number of aryl methyl sites for hydroxylation is 3. The summed E-state index contributed by atoms with van der Waals surface area (Å²) in [4.78, 5) is 15.0. The number of nitrogens with zero attached hydrogens (tertiary/aromatic N) is 1. The molecule has 3 nitrogen and oxygen atoms in total. The van der Waals surface area contributed by atoms with Gasteiger partial charge in [-0.15, -0.1) is 0 Å². The third kappa shape index (κ3) is 1.89. The van der Waals surface area contributed by atoms with E-state index in [2.05, 4.69) is 37.8 Å². The molecule has 3 aliphatic rings. The van der Waals surface area contributed by atoms with E-state index in [1.54, 1.807) is 0 Å². The third-order valence-corrected chi connectivity index (χ3v) is 6.96. The number of hydrogen-bond acceptors (Lipinski definition) is 2. The molecule has 1 amide bonds. The average molecular weight is 312 g/mol. The lowest BCUT2D eigenvalue weighted by Crippen LogP contribution is -2.45. The van der Waals surface area contributed by atoms with Gasteiger partial charge in [0.1, 0.15) is 0 Å². The molecule has 0 aromatic heterocycles. The Kier molecular flexibility index (Phi) is 3.35. The van der Waals surface area contributed by atoms with Crippen molar-refractivity contribution in [3.05, 3.63) is 34.4 Å². The van der Waals surface area contributed by atoms with Crippen LogP contribution < -0.4 is 5.73 Å². The van der Waals surface area contributed by atoms with Crippen molar-refractivity contribution >= 4 is 5.91 Å². The summed E-state index contributed by atoms with van der Waals surface area (Å²) in [6.45, 7) is 8.35. The minimum Gasteiger partial charge on any atom is -0.333 e. The molecule has 1 aromatic rings. The molecule has 1 saturated heterocycles. The molecule has 1 aliphatic carbocycles. The highest BCUT2D eigenvalue weighted by molar-refractivity contribution is 5.81. The summed E-state index contributed by atoms with van der Waals surface area (Å²) >= 11 is 0. The fourth-order valence-corrected chi connectivity index (χ4v) is 5.79. The van der Waals surface area contributed by atoms with Crippen molar-refractivity contribution in [2.45, 2.75) is 52.0 Å². The van der Waals surface area contributed by atoms with E-state index in [1.807, 2.05) is 0 Å². The molecule has 2 heterocycles. The molecule has 1 spiro atoms. The highest BCUT2D eigenvalue weighted by atomic mass is 16.2. The van der Waals surface area contributed by atoms with Gasteiger partial charge in [-0.25, -0.2) is 0 Å². The van der Waals surface area contributed by atoms with Gasteiger partial charge in [0, 0.05) is 13.0 Å². The molecule has 124 valence electrons. The Labute approximate surface area is 139 Å². The zero-order valence-corrected chi connectivity index (χ0v) is 14.6. The second kappa shape index (κ2) is 5.07. The van der Waals surface area contributed by atoms with Crippen molar-refractivity contribution in [1.82, 2.24) is 4.90 Å². The summed E-state index contributed by atoms with van der Waals surface area (Å²) < 4.78 is 0. The van der Waals surface area contributed by atoms with Crippen LogP contribution in [0.15, 0.2) is 12.1 Å². The number of carbonyl (C=O) groups is 1. The third-order valence-electron chi connectivity index (χ3n) is 6.96. The molecular formula is C20H28N2O. The number of amides is 1. The van der Waals surface area contributed by atoms with Gasteiger partial charge in [0.05, 0.1) is 5.54 Å². The standard InChI is InChI=1S/C20H28N2O/c1-12-7-15-5-4-6-22-19(23)9-18-16(11-21)14(3)10-20(18,22)17(15)8-13(12)2/h7-8,14,16,18H,4-6,9-11,21H2,1-3H3/t14-,16+,18-,20?/m0/s1. The summed E-state index contributed by atoms with van der Waals surface area (Å²) in [6, 6.07) is 4.77. The summed E-state index contributed by atoms with van der Waals surface area (Å²) in [5.41, 5.74) is 11.7. The Balaban J connectivity index is 1.96. The monoisotopic (exact) mass is 312 g/mol. The Morgan fingerprint density at radius 1 is 1.30 bits per heavy atom. The molecule has 0 bridgehead atoms. The Bertz CT molecular complexity index is 668. The van der Waals surface area contributed by atoms with Gasteiger partial charge in [-0.2, -0.15) is 0 Å². The van der Waals surface area contributed by atoms with E-state index >= 15 is 0 Å². The zero-order valence-electron chi connectivity index (χ0n) is 14.6. The van der Waals surface area contributed by atoms with Crippen LogP contribution in [-0.4, -0.2) is 23.9 Å². The summed E-state index contributed by atoms with van der Waals surface area (Å²) in [6.07, 6.45) is 3.95. The lowest BCUT2D eigenvalue weighted by molar-refractivity contribution is -0.131. The Hall–Kier alpha value is -1.35. The van der Waals surface area contributed by atoms with Crippen LogP contribution in [0.4, 0.5) is 0 Å². The maximum atomic E-state index is 12.8. The molecular weight excluding hydrogens is 284 g/mol. The SMILES string of the molecule is Cc1cc2c(cc1C)C13C[C@H](C)[C@@H](CN)[C@@H]1CC(=O)N3CCC2. The molecule has 4 rings (SSSR count). The molecule has 1 unspecified atom stereocenters. The second-order valence-corrected chi connectivity index (χ2v) is 8.06. The largest absolute Gasteiger partial charge is 0.333 e. The summed E-state index contributed by atoms with van der Waals surface area (Å²) in [5, 5.41) is 0. The predicted molar refractivity (Wildman–Crippen MR) is 92.1 cm³/mol. The topological polar surface area (TPSA) is 46.3 Å². The van der Waals surface area contributed by atoms with E-state index in [-0.39, 0.29) is 5.54 Å². The minimum absolute atomic E-state index is 0.0785. The predicted octanol–water partition coefficient (Wildman–Crippen LogP) is 2.91. The fraction of sp³-hybridized carbons (Fsp3) is 0.650. The maximum Gasteiger partial charge on any atom is 0.223 e. The van der Waals surface area contributed by atoms with Crippen molar-refractivity contribution in [3.8, 4) is 0 Å². The van der Waals surface area contributed by atoms with Crippen LogP contribution in [0.3, 0.4) is 0 Å². The Morgan fingerprint density at radius 3 is 2.78 bits per heavy atom. The molecule has 2 aliphatic heterocycles. The van der Waals surface area contributed by atoms with Gasteiger partial charge in [-0.3, -0.25) is 4.79 Å². The number of fused-ring (bicyclic) bond motifs is 1. The van der Waals surface area contributed by atoms with Crippen LogP contribution in [0.25, 0.3) is 0 Å². The van der Waals surface area contributed by atoms with Gasteiger partial charge in [0.25, 0.3) is 0 Å². The van der Waals surface area contributed by atoms with Gasteiger partial charge in [-0.1, -0.05) is 19.1 Å². The molecule has 4 atom stereocenters. The summed E-state index contributed by atoms with van der Waals surface area (Å²) in [5.74, 6) is 1.81. The van der Waals surface area contributed by atoms with Crippen LogP contribution in [0.1, 0.15) is 48.4 Å². The minimum atomic E-state index is -0.0785. The maximum absolute atomic E-state index is 12.8. The lowest BCUT2D eigenvalue weighted by atomic mass is 9.76. The number of rotatable bonds is 1. The van der Waals surface area contributed by atoms with Gasteiger partial charge < -0.3 is 10.6 Å². The first kappa shape index (κ1) is 15.2. The van der Waals surface area contributed by atoms with Crippen LogP contribution >= 0.6 is 0 Å². The van der Waals surface area contributed by atoms with Crippen molar-refractivity contribution < 1.29 is 4.79 Å². The normalized spacial score (nSPS) is 35.7. The van der Waals surface area contributed by atoms with Crippen molar-refractivity contribution in [2.24, 2.45) is 23.5 Å². The number of hydrogen-bond donors (Lipinski definition) is 1. The highest BCUT2D eigenvalue weighted by Gasteiger charge is 2.62. The van der Waals surface area contributed by atoms with E-state index in [0.29, 0.717) is 36.6 Å². The van der Waals surface area contributed by atoms with E-state index in [0.717, 1.165) is 25.8 Å². The molecule has 23 heavy (non-hydrogen) atoms. The highest BCUT2D eigenvalue weighted by Crippen LogP contribution is 2.60. The van der Waals surface area contributed by atoms with Gasteiger partial charge in [-0.05, 0) is 79.7 Å². The number of benzene rings is 1. The first-order chi connectivity index (χ1) is 11.0. The second-order valence-electron chi connectivity index (χ2n) is 8.06. The zero-order chi connectivity index (χ0) is 16.4. The number of nitrogens with two attached hydrogens (primary N) is 1. The first-order valence-electron chi connectivity index (χ1n) is 9.10. The molecule has 1 saturated carbocycles. The quantitative estimate of drug-likeness (QED) is 0.866. The van der Waals surface area contributed by atoms with Crippen molar-refractivity contribution in [1.29, 1.82) is 0 Å². The van der Waals surface area contributed by atoms with Crippen molar-refractivity contribution in [2.75, 3.05) is 13.1 Å². The van der Waals surface area contributed by atoms with Gasteiger partial charge >= 0.3 is 0 Å². The van der Waals surface area contributed by atoms with Crippen molar-refractivity contribution in [3.63, 3.8) is 0 Å². The molecule has 2 fully saturated rings. The van der Waals surface area contributed by atoms with Crippen LogP contribution in [0, 0.1) is 31.6 Å². The molecule has 0 radical (unpaired) electrons. The molecule has 1 aromatic carbocycles. The fourth-order valence-electron chi connectivity index (χ4n) is 5.79.